The Balaban J connectivity index is 2.12. The normalized spacial score (nSPS) is 18.2. The molecule has 0 bridgehead atoms. The zero-order chi connectivity index (χ0) is 18.2. The zero-order valence-corrected chi connectivity index (χ0v) is 15.6. The van der Waals surface area contributed by atoms with E-state index in [1.807, 2.05) is 31.3 Å². The van der Waals surface area contributed by atoms with Crippen molar-refractivity contribution >= 4 is 33.9 Å². The molecule has 136 valence electrons. The van der Waals surface area contributed by atoms with Crippen LogP contribution in [0.3, 0.4) is 0 Å². The summed E-state index contributed by atoms with van der Waals surface area (Å²) in [5.74, 6) is -0.450. The summed E-state index contributed by atoms with van der Waals surface area (Å²) in [6.45, 7) is 0.622. The van der Waals surface area contributed by atoms with Crippen molar-refractivity contribution in [2.75, 3.05) is 29.3 Å². The molecule has 0 aromatic heterocycles. The largest absolute Gasteiger partial charge is 0.320 e. The van der Waals surface area contributed by atoms with E-state index in [-0.39, 0.29) is 5.02 Å². The van der Waals surface area contributed by atoms with Gasteiger partial charge in [-0.15, -0.1) is 0 Å². The maximum atomic E-state index is 13.9. The van der Waals surface area contributed by atoms with Crippen molar-refractivity contribution in [3.05, 3.63) is 58.9 Å². The second kappa shape index (κ2) is 7.01. The first-order valence-corrected chi connectivity index (χ1v) is 9.71. The molecule has 2 aromatic carbocycles. The van der Waals surface area contributed by atoms with Crippen LogP contribution >= 0.6 is 22.6 Å². The van der Waals surface area contributed by atoms with Crippen molar-refractivity contribution in [2.45, 2.75) is 12.5 Å². The second-order valence-electron chi connectivity index (χ2n) is 5.91. The molecule has 3 rings (SSSR count). The van der Waals surface area contributed by atoms with E-state index in [0.717, 1.165) is 5.69 Å². The predicted molar refractivity (Wildman–Crippen MR) is 103 cm³/mol. The molecule has 5 nitrogen and oxygen atoms in total. The number of hydrogen-bond donors (Lipinski definition) is 3. The fourth-order valence-corrected chi connectivity index (χ4v) is 5.02. The van der Waals surface area contributed by atoms with Crippen molar-refractivity contribution < 1.29 is 13.5 Å². The highest BCUT2D eigenvalue weighted by Gasteiger charge is 2.42. The summed E-state index contributed by atoms with van der Waals surface area (Å²) in [6, 6.07) is 11.2. The van der Waals surface area contributed by atoms with Crippen LogP contribution in [0.2, 0.25) is 5.02 Å². The summed E-state index contributed by atoms with van der Waals surface area (Å²) in [4.78, 5) is 0. The Labute approximate surface area is 153 Å². The lowest BCUT2D eigenvalue weighted by Crippen LogP contribution is -2.35. The van der Waals surface area contributed by atoms with Crippen LogP contribution in [0.5, 0.6) is 0 Å². The number of hydrogen-bond acceptors (Lipinski definition) is 5. The fraction of sp³-hybridized carbons (Fsp3) is 0.294. The van der Waals surface area contributed by atoms with Crippen LogP contribution in [0, 0.1) is 5.82 Å². The summed E-state index contributed by atoms with van der Waals surface area (Å²) < 4.78 is 38.7. The lowest BCUT2D eigenvalue weighted by molar-refractivity contribution is 0.468. The first kappa shape index (κ1) is 18.3. The highest BCUT2D eigenvalue weighted by Crippen LogP contribution is 2.63. The van der Waals surface area contributed by atoms with Crippen molar-refractivity contribution in [3.63, 3.8) is 0 Å². The molecule has 0 unspecified atom stereocenters. The molecule has 0 amide bonds. The second-order valence-corrected chi connectivity index (χ2v) is 8.27. The van der Waals surface area contributed by atoms with Gasteiger partial charge in [-0.1, -0.05) is 23.7 Å². The van der Waals surface area contributed by atoms with E-state index in [9.17, 15) is 13.5 Å². The van der Waals surface area contributed by atoms with E-state index in [1.54, 1.807) is 17.4 Å². The molecular formula is C17H21ClFN3O2S. The number of nitrogens with one attached hydrogen (secondary N) is 1. The van der Waals surface area contributed by atoms with Crippen LogP contribution in [0.1, 0.15) is 18.0 Å². The van der Waals surface area contributed by atoms with Crippen LogP contribution in [0.15, 0.2) is 42.5 Å². The van der Waals surface area contributed by atoms with Crippen LogP contribution in [-0.2, 0) is 0 Å². The molecule has 8 heteroatoms. The average Bonchev–Trinajstić information content (AvgIpc) is 2.75. The first-order chi connectivity index (χ1) is 11.9. The maximum Gasteiger partial charge on any atom is 0.125 e. The van der Waals surface area contributed by atoms with Gasteiger partial charge in [-0.25, -0.2) is 8.70 Å². The van der Waals surface area contributed by atoms with Gasteiger partial charge in [0.2, 0.25) is 0 Å². The van der Waals surface area contributed by atoms with E-state index in [1.165, 1.54) is 16.4 Å². The van der Waals surface area contributed by atoms with Gasteiger partial charge in [-0.3, -0.25) is 13.4 Å². The molecule has 1 atom stereocenters. The standard InChI is InChI=1S/C17H21ClFN3O2S/c1-20-8-7-15(12-9-13(18)11-14(19)10-12)22-17-6-4-3-5-16(17)21(2)25(22,23)24/h3-6,9-11,15,20,23-24H,7-8H2,1-2H3/t15-/m1/s1. The first-order valence-electron chi connectivity index (χ1n) is 7.87. The molecule has 0 fully saturated rings. The lowest BCUT2D eigenvalue weighted by atomic mass is 10.0. The minimum absolute atomic E-state index is 0.279. The molecular weight excluding hydrogens is 365 g/mol. The fourth-order valence-electron chi connectivity index (χ4n) is 3.12. The van der Waals surface area contributed by atoms with E-state index < -0.39 is 22.8 Å². The molecule has 1 aliphatic rings. The Bertz CT molecular complexity index is 757. The van der Waals surface area contributed by atoms with Crippen molar-refractivity contribution in [3.8, 4) is 0 Å². The van der Waals surface area contributed by atoms with Gasteiger partial charge in [-0.2, -0.15) is 0 Å². The molecule has 0 saturated heterocycles. The number of para-hydroxylation sites is 2. The van der Waals surface area contributed by atoms with Crippen molar-refractivity contribution in [1.82, 2.24) is 5.32 Å². The smallest absolute Gasteiger partial charge is 0.125 e. The summed E-state index contributed by atoms with van der Waals surface area (Å²) in [6.07, 6.45) is 0.550. The zero-order valence-electron chi connectivity index (χ0n) is 14.0. The Morgan fingerprint density at radius 3 is 2.52 bits per heavy atom. The van der Waals surface area contributed by atoms with Gasteiger partial charge in [0.1, 0.15) is 5.82 Å². The maximum absolute atomic E-state index is 13.9. The lowest BCUT2D eigenvalue weighted by Gasteiger charge is -2.46. The third-order valence-electron chi connectivity index (χ3n) is 4.31. The van der Waals surface area contributed by atoms with E-state index >= 15 is 0 Å². The average molecular weight is 386 g/mol. The van der Waals surface area contributed by atoms with Crippen molar-refractivity contribution in [2.24, 2.45) is 0 Å². The van der Waals surface area contributed by atoms with Crippen LogP contribution in [-0.4, -0.2) is 29.7 Å². The summed E-state index contributed by atoms with van der Waals surface area (Å²) in [5.41, 5.74) is 2.02. The molecule has 25 heavy (non-hydrogen) atoms. The number of benzene rings is 2. The molecule has 1 aliphatic heterocycles. The number of fused-ring (bicyclic) bond motifs is 1. The molecule has 3 N–H and O–H groups in total. The third kappa shape index (κ3) is 3.30. The van der Waals surface area contributed by atoms with Gasteiger partial charge < -0.3 is 5.32 Å². The molecule has 0 aliphatic carbocycles. The van der Waals surface area contributed by atoms with Gasteiger partial charge in [0.05, 0.1) is 17.4 Å². The SMILES string of the molecule is CNCC[C@H](c1cc(F)cc(Cl)c1)N1c2ccccc2N(C)S1(O)O. The topological polar surface area (TPSA) is 59.0 Å². The van der Waals surface area contributed by atoms with Crippen LogP contribution in [0.25, 0.3) is 0 Å². The number of rotatable bonds is 5. The quantitative estimate of drug-likeness (QED) is 0.698. The Hall–Kier alpha value is -1.51. The van der Waals surface area contributed by atoms with Gasteiger partial charge in [-0.05, 0) is 66.9 Å². The molecule has 0 saturated carbocycles. The minimum atomic E-state index is -3.26. The summed E-state index contributed by atoms with van der Waals surface area (Å²) in [5, 5.41) is 3.34. The number of anilines is 2. The highest BCUT2D eigenvalue weighted by atomic mass is 35.5. The Kier molecular flexibility index (Phi) is 5.13. The van der Waals surface area contributed by atoms with Gasteiger partial charge >= 0.3 is 0 Å². The molecule has 1 heterocycles. The third-order valence-corrected chi connectivity index (χ3v) is 6.44. The summed E-state index contributed by atoms with van der Waals surface area (Å²) in [7, 11) is 0.203. The number of nitrogens with zero attached hydrogens (tertiary/aromatic N) is 2. The van der Waals surface area contributed by atoms with Gasteiger partial charge in [0.25, 0.3) is 0 Å². The minimum Gasteiger partial charge on any atom is -0.320 e. The van der Waals surface area contributed by atoms with Gasteiger partial charge in [0.15, 0.2) is 0 Å². The van der Waals surface area contributed by atoms with E-state index in [0.29, 0.717) is 24.2 Å². The van der Waals surface area contributed by atoms with E-state index in [2.05, 4.69) is 5.32 Å². The monoisotopic (exact) mass is 385 g/mol. The predicted octanol–water partition coefficient (Wildman–Crippen LogP) is 4.67. The van der Waals surface area contributed by atoms with Gasteiger partial charge in [0, 0.05) is 12.1 Å². The molecule has 2 aromatic rings. The molecule has 0 radical (unpaired) electrons. The molecule has 0 spiro atoms. The van der Waals surface area contributed by atoms with Crippen molar-refractivity contribution in [1.29, 1.82) is 0 Å². The van der Waals surface area contributed by atoms with Crippen LogP contribution in [0.4, 0.5) is 15.8 Å². The summed E-state index contributed by atoms with van der Waals surface area (Å²) >= 11 is 6.03. The van der Waals surface area contributed by atoms with Crippen LogP contribution < -0.4 is 13.9 Å². The Morgan fingerprint density at radius 1 is 1.20 bits per heavy atom. The number of halogens is 2. The Morgan fingerprint density at radius 2 is 1.88 bits per heavy atom. The van der Waals surface area contributed by atoms with E-state index in [4.69, 9.17) is 11.6 Å². The highest BCUT2D eigenvalue weighted by molar-refractivity contribution is 8.26.